The Morgan fingerprint density at radius 3 is 2.56 bits per heavy atom. The fraction of sp³-hybridized carbons (Fsp3) is 0.739. The summed E-state index contributed by atoms with van der Waals surface area (Å²) >= 11 is 0. The molecule has 0 aromatic rings. The van der Waals surface area contributed by atoms with Gasteiger partial charge in [-0.25, -0.2) is 0 Å². The van der Waals surface area contributed by atoms with E-state index in [1.54, 1.807) is 6.08 Å². The minimum absolute atomic E-state index is 0.0614. The largest absolute Gasteiger partial charge is 0.299 e. The molecule has 0 radical (unpaired) electrons. The summed E-state index contributed by atoms with van der Waals surface area (Å²) in [5.41, 5.74) is 1.45. The van der Waals surface area contributed by atoms with Crippen molar-refractivity contribution in [3.8, 4) is 0 Å². The Labute approximate surface area is 152 Å². The molecule has 25 heavy (non-hydrogen) atoms. The van der Waals surface area contributed by atoms with E-state index in [9.17, 15) is 9.59 Å². The molecule has 0 aliphatic heterocycles. The first kappa shape index (κ1) is 17.2. The van der Waals surface area contributed by atoms with E-state index in [2.05, 4.69) is 26.8 Å². The number of ketones is 2. The molecular weight excluding hydrogens is 308 g/mol. The zero-order valence-electron chi connectivity index (χ0n) is 16.2. The SMILES string of the molecule is CCC(=O)[C@@]1(C)CCC2[C@@H]3CCC4=CC(=O)C=C[C@]4(C)C3CC[C@@]21C. The van der Waals surface area contributed by atoms with Gasteiger partial charge in [0, 0.05) is 17.3 Å². The summed E-state index contributed by atoms with van der Waals surface area (Å²) in [7, 11) is 0. The van der Waals surface area contributed by atoms with Gasteiger partial charge in [-0.1, -0.05) is 39.3 Å². The van der Waals surface area contributed by atoms with Gasteiger partial charge in [0.2, 0.25) is 0 Å². The first-order valence-electron chi connectivity index (χ1n) is 10.2. The average molecular weight is 341 g/mol. The Bertz CT molecular complexity index is 686. The van der Waals surface area contributed by atoms with Gasteiger partial charge < -0.3 is 0 Å². The third-order valence-electron chi connectivity index (χ3n) is 9.10. The highest BCUT2D eigenvalue weighted by Crippen LogP contribution is 2.69. The van der Waals surface area contributed by atoms with E-state index in [1.165, 1.54) is 24.8 Å². The second-order valence-corrected chi connectivity index (χ2v) is 9.71. The number of carbonyl (C=O) groups is 2. The van der Waals surface area contributed by atoms with Crippen LogP contribution in [0.1, 0.15) is 72.6 Å². The summed E-state index contributed by atoms with van der Waals surface area (Å²) in [6.45, 7) is 9.06. The molecule has 0 aromatic carbocycles. The Balaban J connectivity index is 1.69. The van der Waals surface area contributed by atoms with Gasteiger partial charge in [0.1, 0.15) is 5.78 Å². The van der Waals surface area contributed by atoms with E-state index in [0.717, 1.165) is 19.3 Å². The van der Waals surface area contributed by atoms with Crippen LogP contribution in [0.3, 0.4) is 0 Å². The van der Waals surface area contributed by atoms with Crippen LogP contribution >= 0.6 is 0 Å². The lowest BCUT2D eigenvalue weighted by atomic mass is 9.45. The zero-order valence-corrected chi connectivity index (χ0v) is 16.2. The van der Waals surface area contributed by atoms with Gasteiger partial charge in [0.25, 0.3) is 0 Å². The quantitative estimate of drug-likeness (QED) is 0.685. The molecule has 2 unspecified atom stereocenters. The van der Waals surface area contributed by atoms with Gasteiger partial charge in [0.05, 0.1) is 0 Å². The lowest BCUT2D eigenvalue weighted by Crippen LogP contribution is -2.53. The summed E-state index contributed by atoms with van der Waals surface area (Å²) in [6.07, 6.45) is 13.4. The summed E-state index contributed by atoms with van der Waals surface area (Å²) in [5, 5.41) is 0. The topological polar surface area (TPSA) is 34.1 Å². The van der Waals surface area contributed by atoms with Crippen molar-refractivity contribution >= 4 is 11.6 Å². The number of rotatable bonds is 2. The zero-order chi connectivity index (χ0) is 18.0. The fourth-order valence-electron chi connectivity index (χ4n) is 7.31. The van der Waals surface area contributed by atoms with Crippen LogP contribution in [0.15, 0.2) is 23.8 Å². The third-order valence-corrected chi connectivity index (χ3v) is 9.10. The Morgan fingerprint density at radius 1 is 1.12 bits per heavy atom. The smallest absolute Gasteiger partial charge is 0.178 e. The normalized spacial score (nSPS) is 48.4. The molecule has 0 aromatic heterocycles. The second kappa shape index (κ2) is 5.41. The lowest BCUT2D eigenvalue weighted by Gasteiger charge is -2.58. The summed E-state index contributed by atoms with van der Waals surface area (Å²) in [6, 6.07) is 0. The van der Waals surface area contributed by atoms with Crippen LogP contribution in [0.2, 0.25) is 0 Å². The van der Waals surface area contributed by atoms with Gasteiger partial charge in [-0.05, 0) is 73.8 Å². The Kier molecular flexibility index (Phi) is 3.73. The van der Waals surface area contributed by atoms with Crippen molar-refractivity contribution < 1.29 is 9.59 Å². The van der Waals surface area contributed by atoms with Crippen LogP contribution in [0.4, 0.5) is 0 Å². The molecule has 2 nitrogen and oxygen atoms in total. The van der Waals surface area contributed by atoms with Gasteiger partial charge in [-0.15, -0.1) is 0 Å². The van der Waals surface area contributed by atoms with Crippen LogP contribution in [0.25, 0.3) is 0 Å². The minimum Gasteiger partial charge on any atom is -0.299 e. The third kappa shape index (κ3) is 2.09. The molecule has 0 heterocycles. The van der Waals surface area contributed by atoms with Gasteiger partial charge in [0.15, 0.2) is 5.78 Å². The fourth-order valence-corrected chi connectivity index (χ4v) is 7.31. The Hall–Kier alpha value is -1.18. The minimum atomic E-state index is -0.132. The summed E-state index contributed by atoms with van der Waals surface area (Å²) < 4.78 is 0. The van der Waals surface area contributed by atoms with Gasteiger partial charge >= 0.3 is 0 Å². The predicted octanol–water partition coefficient (Wildman–Crippen LogP) is 5.28. The van der Waals surface area contributed by atoms with E-state index >= 15 is 0 Å². The predicted molar refractivity (Wildman–Crippen MR) is 100 cm³/mol. The first-order valence-corrected chi connectivity index (χ1v) is 10.2. The number of allylic oxidation sites excluding steroid dienone is 4. The number of fused-ring (bicyclic) bond motifs is 5. The van der Waals surface area contributed by atoms with E-state index in [0.29, 0.717) is 30.0 Å². The van der Waals surface area contributed by atoms with Crippen LogP contribution in [-0.4, -0.2) is 11.6 Å². The van der Waals surface area contributed by atoms with Crippen LogP contribution < -0.4 is 0 Å². The lowest BCUT2D eigenvalue weighted by molar-refractivity contribution is -0.139. The molecule has 0 N–H and O–H groups in total. The van der Waals surface area contributed by atoms with Crippen molar-refractivity contribution in [2.75, 3.05) is 0 Å². The number of hydrogen-bond donors (Lipinski definition) is 0. The second-order valence-electron chi connectivity index (χ2n) is 9.71. The van der Waals surface area contributed by atoms with Crippen molar-refractivity contribution in [2.24, 2.45) is 34.0 Å². The molecule has 0 spiro atoms. The molecule has 0 saturated heterocycles. The van der Waals surface area contributed by atoms with Crippen LogP contribution in [0, 0.1) is 34.0 Å². The van der Waals surface area contributed by atoms with E-state index in [4.69, 9.17) is 0 Å². The molecule has 3 fully saturated rings. The molecule has 0 amide bonds. The van der Waals surface area contributed by atoms with Crippen molar-refractivity contribution in [3.63, 3.8) is 0 Å². The highest BCUT2D eigenvalue weighted by atomic mass is 16.1. The maximum Gasteiger partial charge on any atom is 0.178 e. The van der Waals surface area contributed by atoms with Gasteiger partial charge in [-0.3, -0.25) is 9.59 Å². The molecule has 0 bridgehead atoms. The number of Topliss-reactive ketones (excluding diaryl/α,β-unsaturated/α-hetero) is 1. The molecule has 4 aliphatic rings. The molecule has 136 valence electrons. The van der Waals surface area contributed by atoms with Crippen molar-refractivity contribution in [3.05, 3.63) is 23.8 Å². The monoisotopic (exact) mass is 340 g/mol. The maximum atomic E-state index is 12.8. The maximum absolute atomic E-state index is 12.8. The Morgan fingerprint density at radius 2 is 1.84 bits per heavy atom. The summed E-state index contributed by atoms with van der Waals surface area (Å²) in [5.74, 6) is 2.63. The standard InChI is InChI=1S/C23H32O2/c1-5-20(25)23(4)13-10-19-17-7-6-15-14-16(24)8-11-21(15,2)18(17)9-12-22(19,23)3/h8,11,14,17-19H,5-7,9-10,12-13H2,1-4H3/t17-,18?,19?,21+,22+,23-/m1/s1. The van der Waals surface area contributed by atoms with E-state index in [-0.39, 0.29) is 22.0 Å². The molecule has 3 saturated carbocycles. The van der Waals surface area contributed by atoms with Crippen molar-refractivity contribution in [1.82, 2.24) is 0 Å². The molecule has 4 aliphatic carbocycles. The first-order chi connectivity index (χ1) is 11.8. The molecule has 2 heteroatoms. The number of hydrogen-bond acceptors (Lipinski definition) is 2. The number of carbonyl (C=O) groups excluding carboxylic acids is 2. The van der Waals surface area contributed by atoms with E-state index in [1.807, 2.05) is 13.0 Å². The molecular formula is C23H32O2. The highest BCUT2D eigenvalue weighted by molar-refractivity contribution is 6.01. The molecule has 6 atom stereocenters. The molecule has 4 rings (SSSR count). The van der Waals surface area contributed by atoms with Crippen LogP contribution in [0.5, 0.6) is 0 Å². The van der Waals surface area contributed by atoms with E-state index < -0.39 is 0 Å². The summed E-state index contributed by atoms with van der Waals surface area (Å²) in [4.78, 5) is 24.7. The highest BCUT2D eigenvalue weighted by Gasteiger charge is 2.63. The average Bonchev–Trinajstić information content (AvgIpc) is 2.87. The van der Waals surface area contributed by atoms with Gasteiger partial charge in [-0.2, -0.15) is 0 Å². The van der Waals surface area contributed by atoms with Crippen molar-refractivity contribution in [1.29, 1.82) is 0 Å². The van der Waals surface area contributed by atoms with Crippen molar-refractivity contribution in [2.45, 2.75) is 72.6 Å². The van der Waals surface area contributed by atoms with Crippen LogP contribution in [-0.2, 0) is 9.59 Å².